The summed E-state index contributed by atoms with van der Waals surface area (Å²) in [4.78, 5) is 35.5. The van der Waals surface area contributed by atoms with Crippen LogP contribution in [0.5, 0.6) is 11.5 Å². The molecule has 2 rings (SSSR count). The minimum absolute atomic E-state index is 0.0988. The van der Waals surface area contributed by atoms with Gasteiger partial charge in [-0.15, -0.1) is 0 Å². The molecule has 0 saturated heterocycles. The van der Waals surface area contributed by atoms with Crippen LogP contribution in [-0.4, -0.2) is 31.4 Å². The topological polar surface area (TPSA) is 106 Å². The zero-order chi connectivity index (χ0) is 21.2. The van der Waals surface area contributed by atoms with E-state index in [0.29, 0.717) is 22.2 Å². The van der Waals surface area contributed by atoms with E-state index < -0.39 is 17.7 Å². The molecule has 0 spiro atoms. The molecule has 3 amide bonds. The first kappa shape index (κ1) is 22.3. The number of benzene rings is 2. The maximum Gasteiger partial charge on any atom is 0.276 e. The highest BCUT2D eigenvalue weighted by Gasteiger charge is 2.11. The fourth-order valence-corrected chi connectivity index (χ4v) is 2.61. The van der Waals surface area contributed by atoms with Gasteiger partial charge in [0.15, 0.2) is 18.1 Å². The predicted molar refractivity (Wildman–Crippen MR) is 109 cm³/mol. The summed E-state index contributed by atoms with van der Waals surface area (Å²) in [6.07, 6.45) is -0.233. The van der Waals surface area contributed by atoms with E-state index in [0.717, 1.165) is 0 Å². The molecule has 0 aliphatic rings. The van der Waals surface area contributed by atoms with Gasteiger partial charge >= 0.3 is 0 Å². The highest BCUT2D eigenvalue weighted by atomic mass is 35.5. The van der Waals surface area contributed by atoms with Gasteiger partial charge in [-0.3, -0.25) is 25.2 Å². The SMILES string of the molecule is COc1ccccc1OCC(=O)NNC(=O)CCC(=O)Nc1ccc(Cl)cc1Cl. The van der Waals surface area contributed by atoms with Crippen LogP contribution >= 0.6 is 23.2 Å². The molecule has 0 atom stereocenters. The van der Waals surface area contributed by atoms with Gasteiger partial charge in [-0.05, 0) is 30.3 Å². The van der Waals surface area contributed by atoms with Crippen LogP contribution in [-0.2, 0) is 14.4 Å². The lowest BCUT2D eigenvalue weighted by Gasteiger charge is -2.11. The van der Waals surface area contributed by atoms with Gasteiger partial charge in [0.25, 0.3) is 5.91 Å². The molecular formula is C19H19Cl2N3O5. The number of carbonyl (C=O) groups is 3. The van der Waals surface area contributed by atoms with Crippen molar-refractivity contribution < 1.29 is 23.9 Å². The molecule has 0 aromatic heterocycles. The zero-order valence-electron chi connectivity index (χ0n) is 15.5. The number of para-hydroxylation sites is 2. The highest BCUT2D eigenvalue weighted by Crippen LogP contribution is 2.26. The third-order valence-corrected chi connectivity index (χ3v) is 4.10. The molecule has 154 valence electrons. The summed E-state index contributed by atoms with van der Waals surface area (Å²) in [7, 11) is 1.49. The van der Waals surface area contributed by atoms with E-state index in [9.17, 15) is 14.4 Å². The van der Waals surface area contributed by atoms with Gasteiger partial charge in [-0.25, -0.2) is 0 Å². The summed E-state index contributed by atoms with van der Waals surface area (Å²) >= 11 is 11.8. The molecule has 3 N–H and O–H groups in total. The Labute approximate surface area is 177 Å². The smallest absolute Gasteiger partial charge is 0.276 e. The number of ether oxygens (including phenoxy) is 2. The summed E-state index contributed by atoms with van der Waals surface area (Å²) in [6, 6.07) is 11.5. The Hall–Kier alpha value is -2.97. The Morgan fingerprint density at radius 1 is 0.897 bits per heavy atom. The second-order valence-electron chi connectivity index (χ2n) is 5.71. The molecule has 0 aliphatic heterocycles. The molecule has 0 radical (unpaired) electrons. The summed E-state index contributed by atoms with van der Waals surface area (Å²) < 4.78 is 10.4. The minimum atomic E-state index is -0.568. The van der Waals surface area contributed by atoms with Gasteiger partial charge in [0, 0.05) is 17.9 Å². The van der Waals surface area contributed by atoms with Crippen molar-refractivity contribution >= 4 is 46.6 Å². The largest absolute Gasteiger partial charge is 0.493 e. The van der Waals surface area contributed by atoms with Gasteiger partial charge in [-0.2, -0.15) is 0 Å². The third-order valence-electron chi connectivity index (χ3n) is 3.55. The van der Waals surface area contributed by atoms with E-state index >= 15 is 0 Å². The van der Waals surface area contributed by atoms with Crippen LogP contribution in [0.3, 0.4) is 0 Å². The van der Waals surface area contributed by atoms with Crippen molar-refractivity contribution in [1.82, 2.24) is 10.9 Å². The molecule has 0 unspecified atom stereocenters. The lowest BCUT2D eigenvalue weighted by Crippen LogP contribution is -2.44. The fraction of sp³-hybridized carbons (Fsp3) is 0.211. The number of nitrogens with one attached hydrogen (secondary N) is 3. The van der Waals surface area contributed by atoms with Crippen LogP contribution in [0.2, 0.25) is 10.0 Å². The van der Waals surface area contributed by atoms with Crippen molar-refractivity contribution in [2.75, 3.05) is 19.0 Å². The van der Waals surface area contributed by atoms with E-state index in [1.54, 1.807) is 36.4 Å². The minimum Gasteiger partial charge on any atom is -0.493 e. The number of halogens is 2. The third kappa shape index (κ3) is 7.52. The number of anilines is 1. The first-order valence-electron chi connectivity index (χ1n) is 8.47. The van der Waals surface area contributed by atoms with Crippen LogP contribution in [0.1, 0.15) is 12.8 Å². The standard InChI is InChI=1S/C19H19Cl2N3O5/c1-28-15-4-2-3-5-16(15)29-11-19(27)24-23-18(26)9-8-17(25)22-14-7-6-12(20)10-13(14)21/h2-7,10H,8-9,11H2,1H3,(H,22,25)(H,23,26)(H,24,27). The van der Waals surface area contributed by atoms with Crippen LogP contribution in [0.4, 0.5) is 5.69 Å². The van der Waals surface area contributed by atoms with Crippen molar-refractivity contribution in [3.63, 3.8) is 0 Å². The summed E-state index contributed by atoms with van der Waals surface area (Å²) in [6.45, 7) is -0.323. The maximum atomic E-state index is 11.9. The summed E-state index contributed by atoms with van der Waals surface area (Å²) in [5.41, 5.74) is 4.81. The molecule has 2 aromatic carbocycles. The van der Waals surface area contributed by atoms with Crippen LogP contribution in [0, 0.1) is 0 Å². The number of methoxy groups -OCH3 is 1. The first-order chi connectivity index (χ1) is 13.9. The molecule has 8 nitrogen and oxygen atoms in total. The van der Waals surface area contributed by atoms with Crippen molar-refractivity contribution in [2.45, 2.75) is 12.8 Å². The van der Waals surface area contributed by atoms with E-state index in [1.165, 1.54) is 13.2 Å². The van der Waals surface area contributed by atoms with Gasteiger partial charge in [0.2, 0.25) is 11.8 Å². The summed E-state index contributed by atoms with van der Waals surface area (Å²) in [5.74, 6) is -0.630. The van der Waals surface area contributed by atoms with E-state index in [4.69, 9.17) is 32.7 Å². The zero-order valence-corrected chi connectivity index (χ0v) is 17.0. The second kappa shape index (κ2) is 11.1. The fourth-order valence-electron chi connectivity index (χ4n) is 2.15. The Balaban J connectivity index is 1.68. The Kier molecular flexibility index (Phi) is 8.57. The van der Waals surface area contributed by atoms with E-state index in [-0.39, 0.29) is 24.5 Å². The Bertz CT molecular complexity index is 892. The molecule has 0 bridgehead atoms. The van der Waals surface area contributed by atoms with E-state index in [2.05, 4.69) is 16.2 Å². The van der Waals surface area contributed by atoms with Crippen LogP contribution < -0.4 is 25.6 Å². The normalized spacial score (nSPS) is 10.0. The van der Waals surface area contributed by atoms with Crippen molar-refractivity contribution in [3.8, 4) is 11.5 Å². The van der Waals surface area contributed by atoms with Gasteiger partial charge in [-0.1, -0.05) is 35.3 Å². The molecule has 0 fully saturated rings. The average Bonchev–Trinajstić information content (AvgIpc) is 2.71. The highest BCUT2D eigenvalue weighted by molar-refractivity contribution is 6.36. The molecule has 0 saturated carbocycles. The Morgan fingerprint density at radius 3 is 2.24 bits per heavy atom. The first-order valence-corrected chi connectivity index (χ1v) is 9.23. The van der Waals surface area contributed by atoms with Gasteiger partial charge < -0.3 is 14.8 Å². The van der Waals surface area contributed by atoms with Crippen molar-refractivity contribution in [3.05, 3.63) is 52.5 Å². The van der Waals surface area contributed by atoms with Crippen LogP contribution in [0.15, 0.2) is 42.5 Å². The second-order valence-corrected chi connectivity index (χ2v) is 6.55. The molecule has 0 aliphatic carbocycles. The molecule has 10 heteroatoms. The summed E-state index contributed by atoms with van der Waals surface area (Å²) in [5, 5.41) is 3.31. The number of carbonyl (C=O) groups excluding carboxylic acids is 3. The lowest BCUT2D eigenvalue weighted by molar-refractivity contribution is -0.130. The van der Waals surface area contributed by atoms with Crippen LogP contribution in [0.25, 0.3) is 0 Å². The monoisotopic (exact) mass is 439 g/mol. The number of rotatable bonds is 8. The lowest BCUT2D eigenvalue weighted by atomic mass is 10.2. The predicted octanol–water partition coefficient (Wildman–Crippen LogP) is 2.95. The van der Waals surface area contributed by atoms with Crippen molar-refractivity contribution in [1.29, 1.82) is 0 Å². The van der Waals surface area contributed by atoms with E-state index in [1.807, 2.05) is 0 Å². The van der Waals surface area contributed by atoms with Crippen molar-refractivity contribution in [2.24, 2.45) is 0 Å². The van der Waals surface area contributed by atoms with Gasteiger partial charge in [0.1, 0.15) is 0 Å². The molecule has 0 heterocycles. The number of hydrogen-bond donors (Lipinski definition) is 3. The van der Waals surface area contributed by atoms with Gasteiger partial charge in [0.05, 0.1) is 17.8 Å². The molecule has 29 heavy (non-hydrogen) atoms. The number of amides is 3. The Morgan fingerprint density at radius 2 is 1.55 bits per heavy atom. The quantitative estimate of drug-likeness (QED) is 0.548. The average molecular weight is 440 g/mol. The molecular weight excluding hydrogens is 421 g/mol. The maximum absolute atomic E-state index is 11.9. The number of hydrazine groups is 1. The molecule has 2 aromatic rings. The number of hydrogen-bond acceptors (Lipinski definition) is 5.